The van der Waals surface area contributed by atoms with Gasteiger partial charge >= 0.3 is 0 Å². The van der Waals surface area contributed by atoms with Gasteiger partial charge in [0.05, 0.1) is 0 Å². The van der Waals surface area contributed by atoms with Crippen molar-refractivity contribution in [2.45, 2.75) is 18.9 Å². The number of carbonyl (C=O) groups is 1. The van der Waals surface area contributed by atoms with Gasteiger partial charge in [-0.05, 0) is 43.7 Å². The molecule has 3 N–H and O–H groups in total. The average molecular weight is 333 g/mol. The van der Waals surface area contributed by atoms with Gasteiger partial charge in [0.2, 0.25) is 6.10 Å². The molecular formula is C18H21ClN2O2. The zero-order chi connectivity index (χ0) is 16.5. The van der Waals surface area contributed by atoms with Crippen molar-refractivity contribution < 1.29 is 9.53 Å². The standard InChI is InChI=1S/C18H21ClN2O2/c19-15-8-10-16(11-9-15)23-17(14-6-2-1-3-7-14)18(22)21-13-5-4-12-20/h1-3,6-11,17H,4-5,12-13,20H2,(H,21,22). The van der Waals surface area contributed by atoms with E-state index in [0.29, 0.717) is 23.9 Å². The lowest BCUT2D eigenvalue weighted by molar-refractivity contribution is -0.128. The molecule has 1 amide bonds. The highest BCUT2D eigenvalue weighted by Gasteiger charge is 2.22. The van der Waals surface area contributed by atoms with Crippen molar-refractivity contribution in [3.63, 3.8) is 0 Å². The highest BCUT2D eigenvalue weighted by molar-refractivity contribution is 6.30. The van der Waals surface area contributed by atoms with Crippen LogP contribution in [0.15, 0.2) is 54.6 Å². The Bertz CT molecular complexity index is 602. The fourth-order valence-electron chi connectivity index (χ4n) is 2.12. The summed E-state index contributed by atoms with van der Waals surface area (Å²) in [4.78, 5) is 12.5. The third-order valence-corrected chi connectivity index (χ3v) is 3.59. The highest BCUT2D eigenvalue weighted by atomic mass is 35.5. The molecule has 4 nitrogen and oxygen atoms in total. The molecule has 0 aliphatic heterocycles. The van der Waals surface area contributed by atoms with Crippen molar-refractivity contribution >= 4 is 17.5 Å². The number of halogens is 1. The molecule has 1 atom stereocenters. The predicted octanol–water partition coefficient (Wildman–Crippen LogP) is 3.32. The molecule has 0 bridgehead atoms. The average Bonchev–Trinajstić information content (AvgIpc) is 2.59. The Hall–Kier alpha value is -2.04. The zero-order valence-electron chi connectivity index (χ0n) is 12.9. The highest BCUT2D eigenvalue weighted by Crippen LogP contribution is 2.23. The summed E-state index contributed by atoms with van der Waals surface area (Å²) in [6, 6.07) is 16.4. The second kappa shape index (κ2) is 9.18. The van der Waals surface area contributed by atoms with E-state index in [2.05, 4.69) is 5.32 Å². The van der Waals surface area contributed by atoms with Crippen molar-refractivity contribution in [3.8, 4) is 5.75 Å². The minimum absolute atomic E-state index is 0.164. The fraction of sp³-hybridized carbons (Fsp3) is 0.278. The van der Waals surface area contributed by atoms with Gasteiger partial charge in [0.15, 0.2) is 0 Å². The number of carbonyl (C=O) groups excluding carboxylic acids is 1. The van der Waals surface area contributed by atoms with Gasteiger partial charge in [0.25, 0.3) is 5.91 Å². The first-order chi connectivity index (χ1) is 11.2. The molecule has 0 fully saturated rings. The maximum Gasteiger partial charge on any atom is 0.265 e. The van der Waals surface area contributed by atoms with Crippen LogP contribution in [0.3, 0.4) is 0 Å². The van der Waals surface area contributed by atoms with Crippen molar-refractivity contribution in [1.82, 2.24) is 5.32 Å². The van der Waals surface area contributed by atoms with Crippen LogP contribution in [0.2, 0.25) is 5.02 Å². The van der Waals surface area contributed by atoms with E-state index < -0.39 is 6.10 Å². The van der Waals surface area contributed by atoms with E-state index in [-0.39, 0.29) is 5.91 Å². The largest absolute Gasteiger partial charge is 0.476 e. The minimum Gasteiger partial charge on any atom is -0.476 e. The summed E-state index contributed by atoms with van der Waals surface area (Å²) in [5.74, 6) is 0.434. The lowest BCUT2D eigenvalue weighted by Crippen LogP contribution is -2.33. The first-order valence-corrected chi connectivity index (χ1v) is 8.03. The van der Waals surface area contributed by atoms with Crippen LogP contribution in [-0.2, 0) is 4.79 Å². The topological polar surface area (TPSA) is 64.3 Å². The van der Waals surface area contributed by atoms with Gasteiger partial charge in [-0.15, -0.1) is 0 Å². The van der Waals surface area contributed by atoms with Crippen LogP contribution in [0, 0.1) is 0 Å². The number of nitrogens with two attached hydrogens (primary N) is 1. The number of benzene rings is 2. The number of nitrogens with one attached hydrogen (secondary N) is 1. The smallest absolute Gasteiger partial charge is 0.265 e. The zero-order valence-corrected chi connectivity index (χ0v) is 13.6. The molecule has 122 valence electrons. The quantitative estimate of drug-likeness (QED) is 0.729. The van der Waals surface area contributed by atoms with Gasteiger partial charge in [-0.1, -0.05) is 41.9 Å². The van der Waals surface area contributed by atoms with Crippen LogP contribution in [-0.4, -0.2) is 19.0 Å². The molecule has 0 aliphatic rings. The van der Waals surface area contributed by atoms with Crippen LogP contribution in [0.1, 0.15) is 24.5 Å². The summed E-state index contributed by atoms with van der Waals surface area (Å²) in [5, 5.41) is 3.53. The number of amides is 1. The lowest BCUT2D eigenvalue weighted by Gasteiger charge is -2.19. The van der Waals surface area contributed by atoms with E-state index >= 15 is 0 Å². The van der Waals surface area contributed by atoms with Crippen molar-refractivity contribution in [3.05, 3.63) is 65.2 Å². The number of ether oxygens (including phenoxy) is 1. The maximum atomic E-state index is 12.5. The van der Waals surface area contributed by atoms with Crippen molar-refractivity contribution in [2.24, 2.45) is 5.73 Å². The molecule has 0 saturated carbocycles. The van der Waals surface area contributed by atoms with Gasteiger partial charge in [-0.25, -0.2) is 0 Å². The van der Waals surface area contributed by atoms with Crippen LogP contribution in [0.4, 0.5) is 0 Å². The molecule has 0 spiro atoms. The number of hydrogen-bond donors (Lipinski definition) is 2. The van der Waals surface area contributed by atoms with Gasteiger partial charge in [-0.2, -0.15) is 0 Å². The molecule has 2 rings (SSSR count). The first kappa shape index (κ1) is 17.3. The van der Waals surface area contributed by atoms with Crippen LogP contribution in [0.25, 0.3) is 0 Å². The Labute approximate surface area is 141 Å². The Balaban J connectivity index is 2.08. The Morgan fingerprint density at radius 2 is 1.78 bits per heavy atom. The van der Waals surface area contributed by atoms with E-state index in [1.807, 2.05) is 30.3 Å². The predicted molar refractivity (Wildman–Crippen MR) is 92.6 cm³/mol. The minimum atomic E-state index is -0.699. The van der Waals surface area contributed by atoms with E-state index in [0.717, 1.165) is 18.4 Å². The summed E-state index contributed by atoms with van der Waals surface area (Å²) in [7, 11) is 0. The lowest BCUT2D eigenvalue weighted by atomic mass is 10.1. The third-order valence-electron chi connectivity index (χ3n) is 3.34. The van der Waals surface area contributed by atoms with Crippen LogP contribution < -0.4 is 15.8 Å². The molecule has 0 saturated heterocycles. The molecule has 0 aromatic heterocycles. The third kappa shape index (κ3) is 5.58. The van der Waals surface area contributed by atoms with Gasteiger partial charge < -0.3 is 15.8 Å². The number of rotatable bonds is 8. The maximum absolute atomic E-state index is 12.5. The number of hydrogen-bond acceptors (Lipinski definition) is 3. The molecule has 0 radical (unpaired) electrons. The van der Waals surface area contributed by atoms with E-state index in [1.54, 1.807) is 24.3 Å². The summed E-state index contributed by atoms with van der Waals surface area (Å²) >= 11 is 5.88. The summed E-state index contributed by atoms with van der Waals surface area (Å²) in [6.45, 7) is 1.21. The van der Waals surface area contributed by atoms with Gasteiger partial charge in [-0.3, -0.25) is 4.79 Å². The van der Waals surface area contributed by atoms with Gasteiger partial charge in [0, 0.05) is 17.1 Å². The van der Waals surface area contributed by atoms with E-state index in [4.69, 9.17) is 22.1 Å². The molecule has 0 aliphatic carbocycles. The monoisotopic (exact) mass is 332 g/mol. The SMILES string of the molecule is NCCCCNC(=O)C(Oc1ccc(Cl)cc1)c1ccccc1. The number of unbranched alkanes of at least 4 members (excludes halogenated alkanes) is 1. The first-order valence-electron chi connectivity index (χ1n) is 7.65. The Morgan fingerprint density at radius 1 is 1.09 bits per heavy atom. The van der Waals surface area contributed by atoms with Crippen LogP contribution >= 0.6 is 11.6 Å². The molecule has 1 unspecified atom stereocenters. The second-order valence-electron chi connectivity index (χ2n) is 5.15. The van der Waals surface area contributed by atoms with Crippen LogP contribution in [0.5, 0.6) is 5.75 Å². The van der Waals surface area contributed by atoms with E-state index in [1.165, 1.54) is 0 Å². The van der Waals surface area contributed by atoms with Crippen molar-refractivity contribution in [1.29, 1.82) is 0 Å². The van der Waals surface area contributed by atoms with Crippen molar-refractivity contribution in [2.75, 3.05) is 13.1 Å². The Morgan fingerprint density at radius 3 is 2.43 bits per heavy atom. The second-order valence-corrected chi connectivity index (χ2v) is 5.59. The normalized spacial score (nSPS) is 11.7. The molecule has 2 aromatic carbocycles. The Kier molecular flexibility index (Phi) is 6.91. The molecule has 23 heavy (non-hydrogen) atoms. The van der Waals surface area contributed by atoms with E-state index in [9.17, 15) is 4.79 Å². The molecular weight excluding hydrogens is 312 g/mol. The molecule has 5 heteroatoms. The van der Waals surface area contributed by atoms with Gasteiger partial charge in [0.1, 0.15) is 5.75 Å². The summed E-state index contributed by atoms with van der Waals surface area (Å²) in [5.41, 5.74) is 6.27. The molecule has 0 heterocycles. The summed E-state index contributed by atoms with van der Waals surface area (Å²) in [6.07, 6.45) is 1.04. The fourth-order valence-corrected chi connectivity index (χ4v) is 2.25. The summed E-state index contributed by atoms with van der Waals surface area (Å²) < 4.78 is 5.88. The molecule has 2 aromatic rings.